The molecule has 2 heterocycles. The van der Waals surface area contributed by atoms with Crippen molar-refractivity contribution < 1.29 is 14.3 Å². The Morgan fingerprint density at radius 2 is 1.81 bits per heavy atom. The van der Waals surface area contributed by atoms with Gasteiger partial charge in [-0.15, -0.1) is 0 Å². The highest BCUT2D eigenvalue weighted by Gasteiger charge is 2.18. The number of anilines is 3. The molecule has 0 atom stereocenters. The molecule has 0 radical (unpaired) electrons. The number of carbonyl (C=O) groups excluding carboxylic acids is 1. The van der Waals surface area contributed by atoms with Crippen LogP contribution in [0.5, 0.6) is 11.5 Å². The highest BCUT2D eigenvalue weighted by atomic mass is 35.5. The number of rotatable bonds is 13. The van der Waals surface area contributed by atoms with Crippen molar-refractivity contribution in [3.8, 4) is 17.6 Å². The van der Waals surface area contributed by atoms with Gasteiger partial charge in [0.25, 0.3) is 0 Å². The van der Waals surface area contributed by atoms with Gasteiger partial charge in [0.15, 0.2) is 0 Å². The fourth-order valence-electron chi connectivity index (χ4n) is 4.48. The maximum atomic E-state index is 11.2. The molecule has 0 aliphatic rings. The van der Waals surface area contributed by atoms with Gasteiger partial charge in [0.1, 0.15) is 24.2 Å². The number of ether oxygens (including phenoxy) is 2. The van der Waals surface area contributed by atoms with E-state index in [0.717, 1.165) is 17.8 Å². The number of benzene rings is 2. The number of carbonyl (C=O) groups is 1. The molecule has 0 aliphatic heterocycles. The van der Waals surface area contributed by atoms with E-state index < -0.39 is 0 Å². The number of pyridine rings is 2. The first-order valence-corrected chi connectivity index (χ1v) is 16.7. The Morgan fingerprint density at radius 3 is 2.33 bits per heavy atom. The van der Waals surface area contributed by atoms with Crippen molar-refractivity contribution in [1.82, 2.24) is 14.9 Å². The van der Waals surface area contributed by atoms with Crippen LogP contribution in [0.4, 0.5) is 17.1 Å². The summed E-state index contributed by atoms with van der Waals surface area (Å²) in [6.07, 6.45) is 7.14. The summed E-state index contributed by atoms with van der Waals surface area (Å²) in [5.74, 6) is 1.39. The fourth-order valence-corrected chi connectivity index (χ4v) is 4.71. The number of amides is 1. The number of nitrogens with zero attached hydrogens (tertiary/aromatic N) is 4. The molecule has 0 fully saturated rings. The van der Waals surface area contributed by atoms with Crippen LogP contribution >= 0.6 is 11.6 Å². The van der Waals surface area contributed by atoms with E-state index in [9.17, 15) is 10.1 Å². The van der Waals surface area contributed by atoms with Crippen LogP contribution in [0.15, 0.2) is 60.8 Å². The molecule has 10 heteroatoms. The Labute approximate surface area is 291 Å². The molecule has 0 saturated heterocycles. The molecule has 4 aromatic rings. The molecule has 256 valence electrons. The van der Waals surface area contributed by atoms with Gasteiger partial charge < -0.3 is 25.0 Å². The number of hydrogen-bond acceptors (Lipinski definition) is 8. The quantitative estimate of drug-likeness (QED) is 0.107. The maximum absolute atomic E-state index is 11.2. The molecule has 0 unspecified atom stereocenters. The van der Waals surface area contributed by atoms with Crippen molar-refractivity contribution in [2.45, 2.75) is 67.4 Å². The minimum absolute atomic E-state index is 0.333. The topological polar surface area (TPSA) is 112 Å². The molecule has 0 aliphatic carbocycles. The number of hydrogen-bond donors (Lipinski definition) is 2. The number of aryl methyl sites for hydroxylation is 1. The SMILES string of the molecule is C/C=C/CN(C)C.CC.CCOc1cc2nc(CC)c(C#N)c(Nc3ccc(OCc4ccc(C(C)C)nc4)c(Cl)c3)c2cc1NC=O. The van der Waals surface area contributed by atoms with Gasteiger partial charge in [-0.05, 0) is 70.6 Å². The molecule has 48 heavy (non-hydrogen) atoms. The minimum atomic E-state index is 0.333. The lowest BCUT2D eigenvalue weighted by atomic mass is 10.0. The first kappa shape index (κ1) is 39.5. The Kier molecular flexibility index (Phi) is 16.9. The Balaban J connectivity index is 0.000000790. The number of aromatic nitrogens is 2. The first-order valence-electron chi connectivity index (χ1n) is 16.3. The summed E-state index contributed by atoms with van der Waals surface area (Å²) in [5.41, 5.74) is 5.39. The molecule has 2 aromatic carbocycles. The van der Waals surface area contributed by atoms with Gasteiger partial charge in [-0.1, -0.05) is 64.4 Å². The molecule has 1 amide bonds. The molecule has 0 saturated carbocycles. The normalized spacial score (nSPS) is 10.6. The fraction of sp³-hybridized carbons (Fsp3) is 0.368. The number of fused-ring (bicyclic) bond motifs is 1. The van der Waals surface area contributed by atoms with Crippen LogP contribution in [0.25, 0.3) is 10.9 Å². The van der Waals surface area contributed by atoms with Gasteiger partial charge in [0.2, 0.25) is 6.41 Å². The number of likely N-dealkylation sites (N-methyl/N-ethyl adjacent to an activating group) is 1. The van der Waals surface area contributed by atoms with Crippen LogP contribution in [-0.4, -0.2) is 48.5 Å². The van der Waals surface area contributed by atoms with Crippen molar-refractivity contribution in [1.29, 1.82) is 5.26 Å². The summed E-state index contributed by atoms with van der Waals surface area (Å²) in [7, 11) is 4.11. The zero-order valence-electron chi connectivity index (χ0n) is 29.6. The predicted molar refractivity (Wildman–Crippen MR) is 199 cm³/mol. The third-order valence-electron chi connectivity index (χ3n) is 6.86. The van der Waals surface area contributed by atoms with E-state index in [2.05, 4.69) is 66.7 Å². The average molecular weight is 673 g/mol. The van der Waals surface area contributed by atoms with Crippen LogP contribution < -0.4 is 20.1 Å². The van der Waals surface area contributed by atoms with Crippen LogP contribution in [0.3, 0.4) is 0 Å². The zero-order chi connectivity index (χ0) is 35.6. The average Bonchev–Trinajstić information content (AvgIpc) is 3.08. The molecule has 2 aromatic heterocycles. The van der Waals surface area contributed by atoms with Crippen molar-refractivity contribution in [2.75, 3.05) is 37.9 Å². The van der Waals surface area contributed by atoms with Gasteiger partial charge in [-0.25, -0.2) is 0 Å². The molecular formula is C38H49ClN6O3. The van der Waals surface area contributed by atoms with Gasteiger partial charge in [-0.2, -0.15) is 5.26 Å². The maximum Gasteiger partial charge on any atom is 0.211 e. The summed E-state index contributed by atoms with van der Waals surface area (Å²) >= 11 is 6.58. The monoisotopic (exact) mass is 672 g/mol. The molecule has 0 bridgehead atoms. The predicted octanol–water partition coefficient (Wildman–Crippen LogP) is 9.28. The Bertz CT molecular complexity index is 1680. The number of allylic oxidation sites excluding steroid dienone is 1. The lowest BCUT2D eigenvalue weighted by Crippen LogP contribution is -2.10. The number of nitriles is 1. The lowest BCUT2D eigenvalue weighted by Gasteiger charge is -2.17. The Morgan fingerprint density at radius 1 is 1.06 bits per heavy atom. The molecular weight excluding hydrogens is 624 g/mol. The molecule has 9 nitrogen and oxygen atoms in total. The van der Waals surface area contributed by atoms with E-state index in [1.54, 1.807) is 24.3 Å². The lowest BCUT2D eigenvalue weighted by molar-refractivity contribution is -0.105. The van der Waals surface area contributed by atoms with Crippen LogP contribution in [0, 0.1) is 11.3 Å². The number of nitrogens with one attached hydrogen (secondary N) is 2. The van der Waals surface area contributed by atoms with E-state index in [0.29, 0.717) is 87.7 Å². The molecule has 4 rings (SSSR count). The minimum Gasteiger partial charge on any atom is -0.492 e. The third-order valence-corrected chi connectivity index (χ3v) is 7.16. The van der Waals surface area contributed by atoms with E-state index >= 15 is 0 Å². The van der Waals surface area contributed by atoms with Crippen LogP contribution in [0.2, 0.25) is 5.02 Å². The zero-order valence-corrected chi connectivity index (χ0v) is 30.4. The van der Waals surface area contributed by atoms with Gasteiger partial charge in [0, 0.05) is 41.1 Å². The van der Waals surface area contributed by atoms with E-state index in [-0.39, 0.29) is 0 Å². The van der Waals surface area contributed by atoms with Crippen molar-refractivity contribution in [3.05, 3.63) is 88.4 Å². The highest BCUT2D eigenvalue weighted by Crippen LogP contribution is 2.38. The van der Waals surface area contributed by atoms with E-state index in [1.165, 1.54) is 0 Å². The third kappa shape index (κ3) is 11.3. The number of halogens is 1. The summed E-state index contributed by atoms with van der Waals surface area (Å²) in [4.78, 5) is 22.5. The van der Waals surface area contributed by atoms with Gasteiger partial charge in [0.05, 0.1) is 39.8 Å². The van der Waals surface area contributed by atoms with Crippen LogP contribution in [-0.2, 0) is 17.8 Å². The van der Waals surface area contributed by atoms with Crippen LogP contribution in [0.1, 0.15) is 76.9 Å². The summed E-state index contributed by atoms with van der Waals surface area (Å²) < 4.78 is 11.6. The van der Waals surface area contributed by atoms with Crippen molar-refractivity contribution >= 4 is 46.0 Å². The van der Waals surface area contributed by atoms with E-state index in [1.807, 2.05) is 59.0 Å². The summed E-state index contributed by atoms with van der Waals surface area (Å²) in [6, 6.07) is 15.2. The summed E-state index contributed by atoms with van der Waals surface area (Å²) in [5, 5.41) is 17.1. The second-order valence-corrected chi connectivity index (χ2v) is 11.4. The van der Waals surface area contributed by atoms with Crippen molar-refractivity contribution in [3.63, 3.8) is 0 Å². The van der Waals surface area contributed by atoms with Gasteiger partial charge in [-0.3, -0.25) is 14.8 Å². The molecule has 2 N–H and O–H groups in total. The van der Waals surface area contributed by atoms with E-state index in [4.69, 9.17) is 26.1 Å². The Hall–Kier alpha value is -4.65. The first-order chi connectivity index (χ1) is 23.1. The highest BCUT2D eigenvalue weighted by molar-refractivity contribution is 6.32. The second-order valence-electron chi connectivity index (χ2n) is 11.0. The van der Waals surface area contributed by atoms with Gasteiger partial charge >= 0.3 is 0 Å². The second kappa shape index (κ2) is 20.6. The smallest absolute Gasteiger partial charge is 0.211 e. The van der Waals surface area contributed by atoms with Crippen molar-refractivity contribution in [2.24, 2.45) is 0 Å². The largest absolute Gasteiger partial charge is 0.492 e. The molecule has 0 spiro atoms. The summed E-state index contributed by atoms with van der Waals surface area (Å²) in [6.45, 7) is 15.9. The standard InChI is InChI=1S/C30H30ClN5O3.C6H13N.C2H6/c1-5-24-22(14-32)30(21-12-27(34-17-37)29(38-6-2)13-26(21)36-24)35-20-8-10-28(23(31)11-20)39-16-19-7-9-25(18(3)4)33-15-19;1-4-5-6-7(2)3;1-2/h7-13,15,17-18H,5-6,16H2,1-4H3,(H,34,37)(H,35,36);4-5H,6H2,1-3H3;1-2H3/b;5-4+;.